The van der Waals surface area contributed by atoms with Gasteiger partial charge in [0.15, 0.2) is 0 Å². The maximum atomic E-state index is 7.88. The van der Waals surface area contributed by atoms with Gasteiger partial charge in [-0.1, -0.05) is 6.92 Å². The number of rotatable bonds is 2. The minimum absolute atomic E-state index is 0.319. The molecule has 0 saturated carbocycles. The maximum absolute atomic E-state index is 7.88. The number of aliphatic hydroxyl groups excluding tert-OH is 1. The lowest BCUT2D eigenvalue weighted by Gasteiger charge is -1.93. The van der Waals surface area contributed by atoms with Crippen LogP contribution in [-0.4, -0.2) is 23.7 Å². The zero-order valence-electron chi connectivity index (χ0n) is 7.62. The fourth-order valence-corrected chi connectivity index (χ4v) is 0.519. The molecule has 3 nitrogen and oxygen atoms in total. The predicted molar refractivity (Wildman–Crippen MR) is 51.2 cm³/mol. The smallest absolute Gasteiger partial charge is 0.0428 e. The Balaban J connectivity index is 0.000000261. The molecule has 0 aromatic carbocycles. The van der Waals surface area contributed by atoms with Crippen LogP contribution in [0.5, 0.6) is 0 Å². The quantitative estimate of drug-likeness (QED) is 0.703. The Kier molecular flexibility index (Phi) is 7.28. The Morgan fingerprint density at radius 1 is 1.42 bits per heavy atom. The third-order valence-electron chi connectivity index (χ3n) is 1.19. The van der Waals surface area contributed by atoms with E-state index in [9.17, 15) is 0 Å². The van der Waals surface area contributed by atoms with Crippen molar-refractivity contribution >= 4 is 5.69 Å². The second kappa shape index (κ2) is 8.01. The highest BCUT2D eigenvalue weighted by atomic mass is 16.2. The molecule has 12 heavy (non-hydrogen) atoms. The fraction of sp³-hybridized carbons (Fsp3) is 0.444. The average Bonchev–Trinajstić information content (AvgIpc) is 2.19. The molecule has 68 valence electrons. The molecule has 0 radical (unpaired) electrons. The first-order valence-electron chi connectivity index (χ1n) is 4.03. The minimum Gasteiger partial charge on any atom is -0.396 e. The SMILES string of the molecule is CCCO.CNc1ccncc1. The number of nitrogens with zero attached hydrogens (tertiary/aromatic N) is 1. The second-order valence-electron chi connectivity index (χ2n) is 2.21. The lowest BCUT2D eigenvalue weighted by molar-refractivity contribution is 0.295. The molecule has 0 saturated heterocycles. The summed E-state index contributed by atoms with van der Waals surface area (Å²) in [6, 6.07) is 3.83. The minimum atomic E-state index is 0.319. The number of aliphatic hydroxyl groups is 1. The Bertz CT molecular complexity index is 175. The first-order valence-corrected chi connectivity index (χ1v) is 4.03. The summed E-state index contributed by atoms with van der Waals surface area (Å²) in [7, 11) is 1.88. The van der Waals surface area contributed by atoms with Gasteiger partial charge in [0.05, 0.1) is 0 Å². The van der Waals surface area contributed by atoms with Crippen molar-refractivity contribution < 1.29 is 5.11 Å². The van der Waals surface area contributed by atoms with Gasteiger partial charge in [0.25, 0.3) is 0 Å². The van der Waals surface area contributed by atoms with E-state index in [1.807, 2.05) is 26.1 Å². The van der Waals surface area contributed by atoms with Crippen molar-refractivity contribution in [3.63, 3.8) is 0 Å². The lowest BCUT2D eigenvalue weighted by atomic mass is 10.4. The largest absolute Gasteiger partial charge is 0.396 e. The molecule has 0 aliphatic rings. The monoisotopic (exact) mass is 168 g/mol. The molecular formula is C9H16N2O. The molecule has 0 bridgehead atoms. The van der Waals surface area contributed by atoms with Crippen LogP contribution in [0, 0.1) is 0 Å². The van der Waals surface area contributed by atoms with Crippen molar-refractivity contribution in [2.24, 2.45) is 0 Å². The van der Waals surface area contributed by atoms with Crippen LogP contribution in [0.3, 0.4) is 0 Å². The van der Waals surface area contributed by atoms with Gasteiger partial charge in [-0.05, 0) is 18.6 Å². The number of aromatic nitrogens is 1. The van der Waals surface area contributed by atoms with Gasteiger partial charge in [0.2, 0.25) is 0 Å². The molecule has 2 N–H and O–H groups in total. The number of anilines is 1. The predicted octanol–water partition coefficient (Wildman–Crippen LogP) is 1.51. The lowest BCUT2D eigenvalue weighted by Crippen LogP contribution is -1.85. The Labute approximate surface area is 73.5 Å². The molecular weight excluding hydrogens is 152 g/mol. The van der Waals surface area contributed by atoms with Gasteiger partial charge in [-0.15, -0.1) is 0 Å². The first-order chi connectivity index (χ1) is 5.85. The highest BCUT2D eigenvalue weighted by Crippen LogP contribution is 1.99. The Morgan fingerprint density at radius 3 is 2.17 bits per heavy atom. The summed E-state index contributed by atoms with van der Waals surface area (Å²) >= 11 is 0. The molecule has 0 fully saturated rings. The van der Waals surface area contributed by atoms with Crippen molar-refractivity contribution in [3.8, 4) is 0 Å². The molecule has 0 unspecified atom stereocenters. The normalized spacial score (nSPS) is 8.25. The van der Waals surface area contributed by atoms with Crippen LogP contribution in [0.1, 0.15) is 13.3 Å². The van der Waals surface area contributed by atoms with Gasteiger partial charge in [-0.25, -0.2) is 0 Å². The number of pyridine rings is 1. The molecule has 0 amide bonds. The Hall–Kier alpha value is -1.09. The highest BCUT2D eigenvalue weighted by molar-refractivity contribution is 5.39. The zero-order chi connectivity index (χ0) is 9.23. The van der Waals surface area contributed by atoms with E-state index in [0.717, 1.165) is 12.1 Å². The van der Waals surface area contributed by atoms with Crippen molar-refractivity contribution in [3.05, 3.63) is 24.5 Å². The van der Waals surface area contributed by atoms with Gasteiger partial charge in [0, 0.05) is 31.7 Å². The fourth-order valence-electron chi connectivity index (χ4n) is 0.519. The number of hydrogen-bond acceptors (Lipinski definition) is 3. The summed E-state index contributed by atoms with van der Waals surface area (Å²) in [5, 5.41) is 10.9. The molecule has 1 rings (SSSR count). The summed E-state index contributed by atoms with van der Waals surface area (Å²) in [5.74, 6) is 0. The third kappa shape index (κ3) is 5.68. The van der Waals surface area contributed by atoms with Gasteiger partial charge in [-0.2, -0.15) is 0 Å². The van der Waals surface area contributed by atoms with E-state index in [0.29, 0.717) is 6.61 Å². The molecule has 0 aliphatic heterocycles. The van der Waals surface area contributed by atoms with Crippen LogP contribution in [0.15, 0.2) is 24.5 Å². The van der Waals surface area contributed by atoms with E-state index in [-0.39, 0.29) is 0 Å². The molecule has 1 heterocycles. The van der Waals surface area contributed by atoms with Crippen LogP contribution in [0.25, 0.3) is 0 Å². The molecule has 1 aromatic rings. The zero-order valence-corrected chi connectivity index (χ0v) is 7.62. The van der Waals surface area contributed by atoms with Gasteiger partial charge >= 0.3 is 0 Å². The first kappa shape index (κ1) is 10.9. The van der Waals surface area contributed by atoms with E-state index < -0.39 is 0 Å². The molecule has 1 aromatic heterocycles. The highest BCUT2D eigenvalue weighted by Gasteiger charge is 1.78. The van der Waals surface area contributed by atoms with E-state index in [1.54, 1.807) is 12.4 Å². The van der Waals surface area contributed by atoms with Crippen molar-refractivity contribution in [2.75, 3.05) is 19.0 Å². The summed E-state index contributed by atoms with van der Waals surface area (Å²) in [6.45, 7) is 2.25. The van der Waals surface area contributed by atoms with Gasteiger partial charge in [-0.3, -0.25) is 4.98 Å². The van der Waals surface area contributed by atoms with E-state index >= 15 is 0 Å². The summed E-state index contributed by atoms with van der Waals surface area (Å²) in [4.78, 5) is 3.85. The summed E-state index contributed by atoms with van der Waals surface area (Å²) < 4.78 is 0. The summed E-state index contributed by atoms with van der Waals surface area (Å²) in [5.41, 5.74) is 1.10. The van der Waals surface area contributed by atoms with Crippen LogP contribution in [0.4, 0.5) is 5.69 Å². The third-order valence-corrected chi connectivity index (χ3v) is 1.19. The Morgan fingerprint density at radius 2 is 1.92 bits per heavy atom. The second-order valence-corrected chi connectivity index (χ2v) is 2.21. The maximum Gasteiger partial charge on any atom is 0.0428 e. The van der Waals surface area contributed by atoms with Crippen LogP contribution in [0.2, 0.25) is 0 Å². The van der Waals surface area contributed by atoms with Crippen molar-refractivity contribution in [1.82, 2.24) is 4.98 Å². The van der Waals surface area contributed by atoms with Gasteiger partial charge in [0.1, 0.15) is 0 Å². The van der Waals surface area contributed by atoms with Crippen LogP contribution in [-0.2, 0) is 0 Å². The number of hydrogen-bond donors (Lipinski definition) is 2. The van der Waals surface area contributed by atoms with Crippen molar-refractivity contribution in [2.45, 2.75) is 13.3 Å². The summed E-state index contributed by atoms with van der Waals surface area (Å²) in [6.07, 6.45) is 4.39. The molecule has 0 spiro atoms. The van der Waals surface area contributed by atoms with Gasteiger partial charge < -0.3 is 10.4 Å². The van der Waals surface area contributed by atoms with E-state index in [2.05, 4.69) is 10.3 Å². The molecule has 0 atom stereocenters. The topological polar surface area (TPSA) is 45.1 Å². The van der Waals surface area contributed by atoms with Crippen molar-refractivity contribution in [1.29, 1.82) is 0 Å². The van der Waals surface area contributed by atoms with Crippen LogP contribution >= 0.6 is 0 Å². The number of nitrogens with one attached hydrogen (secondary N) is 1. The van der Waals surface area contributed by atoms with E-state index in [1.165, 1.54) is 0 Å². The molecule has 3 heteroatoms. The standard InChI is InChI=1S/C6H8N2.C3H8O/c1-7-6-2-4-8-5-3-6;1-2-3-4/h2-5H,1H3,(H,7,8);4H,2-3H2,1H3. The van der Waals surface area contributed by atoms with Crippen LogP contribution < -0.4 is 5.32 Å². The molecule has 0 aliphatic carbocycles. The average molecular weight is 168 g/mol. The van der Waals surface area contributed by atoms with E-state index in [4.69, 9.17) is 5.11 Å².